The predicted molar refractivity (Wildman–Crippen MR) is 61.0 cm³/mol. The van der Waals surface area contributed by atoms with Gasteiger partial charge >= 0.3 is 0 Å². The fourth-order valence-electron chi connectivity index (χ4n) is 1.30. The standard InChI is InChI=1S/C11H8ClN3O/c12-9-3-2-7(6-8(9)10(13)16)11-14-4-1-5-15-11/h1-6H,(H2,13,16). The van der Waals surface area contributed by atoms with Gasteiger partial charge in [0.1, 0.15) is 0 Å². The van der Waals surface area contributed by atoms with Crippen LogP contribution in [0.3, 0.4) is 0 Å². The highest BCUT2D eigenvalue weighted by Gasteiger charge is 2.09. The fourth-order valence-corrected chi connectivity index (χ4v) is 1.51. The Labute approximate surface area is 97.1 Å². The number of carbonyl (C=O) groups is 1. The Balaban J connectivity index is 2.52. The summed E-state index contributed by atoms with van der Waals surface area (Å²) in [4.78, 5) is 19.2. The average Bonchev–Trinajstić information content (AvgIpc) is 2.30. The van der Waals surface area contributed by atoms with E-state index < -0.39 is 5.91 Å². The van der Waals surface area contributed by atoms with Crippen LogP contribution in [0.5, 0.6) is 0 Å². The maximum atomic E-state index is 11.1. The summed E-state index contributed by atoms with van der Waals surface area (Å²) in [6.07, 6.45) is 3.25. The summed E-state index contributed by atoms with van der Waals surface area (Å²) in [5, 5.41) is 0.326. The number of nitrogens with zero attached hydrogens (tertiary/aromatic N) is 2. The summed E-state index contributed by atoms with van der Waals surface area (Å²) < 4.78 is 0. The Hall–Kier alpha value is -1.94. The van der Waals surface area contributed by atoms with Crippen LogP contribution in [0.2, 0.25) is 5.02 Å². The first-order valence-corrected chi connectivity index (χ1v) is 4.93. The molecule has 0 atom stereocenters. The number of carbonyl (C=O) groups excluding carboxylic acids is 1. The topological polar surface area (TPSA) is 68.9 Å². The van der Waals surface area contributed by atoms with E-state index in [0.29, 0.717) is 16.4 Å². The Kier molecular flexibility index (Phi) is 2.83. The highest BCUT2D eigenvalue weighted by molar-refractivity contribution is 6.33. The normalized spacial score (nSPS) is 10.1. The van der Waals surface area contributed by atoms with Crippen LogP contribution in [0.15, 0.2) is 36.7 Å². The molecule has 0 fully saturated rings. The van der Waals surface area contributed by atoms with Crippen LogP contribution < -0.4 is 5.73 Å². The predicted octanol–water partition coefficient (Wildman–Crippen LogP) is 1.90. The van der Waals surface area contributed by atoms with E-state index in [1.807, 2.05) is 0 Å². The van der Waals surface area contributed by atoms with Gasteiger partial charge in [0, 0.05) is 18.0 Å². The number of benzene rings is 1. The molecule has 2 N–H and O–H groups in total. The van der Waals surface area contributed by atoms with Gasteiger partial charge < -0.3 is 5.73 Å². The monoisotopic (exact) mass is 233 g/mol. The van der Waals surface area contributed by atoms with Gasteiger partial charge in [-0.05, 0) is 24.3 Å². The van der Waals surface area contributed by atoms with Crippen LogP contribution in [-0.2, 0) is 0 Å². The molecule has 0 aliphatic carbocycles. The molecule has 0 unspecified atom stereocenters. The zero-order chi connectivity index (χ0) is 11.5. The van der Waals surface area contributed by atoms with E-state index in [9.17, 15) is 4.79 Å². The lowest BCUT2D eigenvalue weighted by atomic mass is 10.1. The van der Waals surface area contributed by atoms with Crippen LogP contribution in [0.4, 0.5) is 0 Å². The molecule has 16 heavy (non-hydrogen) atoms. The summed E-state index contributed by atoms with van der Waals surface area (Å²) in [6.45, 7) is 0. The van der Waals surface area contributed by atoms with Gasteiger partial charge in [-0.3, -0.25) is 4.79 Å². The van der Waals surface area contributed by atoms with E-state index in [1.165, 1.54) is 0 Å². The molecule has 0 aliphatic rings. The molecule has 0 aliphatic heterocycles. The lowest BCUT2D eigenvalue weighted by Crippen LogP contribution is -2.11. The van der Waals surface area contributed by atoms with Crippen molar-refractivity contribution in [2.24, 2.45) is 5.73 Å². The summed E-state index contributed by atoms with van der Waals surface area (Å²) in [5.74, 6) is -0.0375. The second-order valence-electron chi connectivity index (χ2n) is 3.13. The fraction of sp³-hybridized carbons (Fsp3) is 0. The van der Waals surface area contributed by atoms with Crippen molar-refractivity contribution in [1.29, 1.82) is 0 Å². The van der Waals surface area contributed by atoms with Crippen molar-refractivity contribution in [1.82, 2.24) is 9.97 Å². The van der Waals surface area contributed by atoms with Crippen molar-refractivity contribution in [3.63, 3.8) is 0 Å². The number of hydrogen-bond donors (Lipinski definition) is 1. The minimum absolute atomic E-state index is 0.270. The molecule has 0 saturated heterocycles. The molecule has 1 aromatic heterocycles. The quantitative estimate of drug-likeness (QED) is 0.861. The van der Waals surface area contributed by atoms with E-state index in [-0.39, 0.29) is 5.56 Å². The first kappa shape index (κ1) is 10.6. The number of nitrogens with two attached hydrogens (primary N) is 1. The molecule has 0 saturated carbocycles. The summed E-state index contributed by atoms with van der Waals surface area (Å²) in [6, 6.07) is 6.64. The zero-order valence-electron chi connectivity index (χ0n) is 8.22. The molecular weight excluding hydrogens is 226 g/mol. The summed E-state index contributed by atoms with van der Waals surface area (Å²) in [7, 11) is 0. The Morgan fingerprint density at radius 3 is 2.56 bits per heavy atom. The maximum Gasteiger partial charge on any atom is 0.250 e. The molecule has 1 heterocycles. The Bertz CT molecular complexity index is 528. The molecule has 2 aromatic rings. The van der Waals surface area contributed by atoms with E-state index in [1.54, 1.807) is 36.7 Å². The van der Waals surface area contributed by atoms with Crippen LogP contribution in [-0.4, -0.2) is 15.9 Å². The van der Waals surface area contributed by atoms with Crippen molar-refractivity contribution < 1.29 is 4.79 Å². The van der Waals surface area contributed by atoms with Crippen molar-refractivity contribution in [3.8, 4) is 11.4 Å². The SMILES string of the molecule is NC(=O)c1cc(-c2ncccn2)ccc1Cl. The number of primary amides is 1. The van der Waals surface area contributed by atoms with Crippen LogP contribution in [0, 0.1) is 0 Å². The number of aromatic nitrogens is 2. The second-order valence-corrected chi connectivity index (χ2v) is 3.54. The molecular formula is C11H8ClN3O. The molecule has 1 amide bonds. The van der Waals surface area contributed by atoms with Gasteiger partial charge in [0.2, 0.25) is 5.91 Å². The Morgan fingerprint density at radius 2 is 1.94 bits per heavy atom. The highest BCUT2D eigenvalue weighted by atomic mass is 35.5. The van der Waals surface area contributed by atoms with Crippen LogP contribution in [0.1, 0.15) is 10.4 Å². The van der Waals surface area contributed by atoms with E-state index in [2.05, 4.69) is 9.97 Å². The van der Waals surface area contributed by atoms with E-state index in [4.69, 9.17) is 17.3 Å². The molecule has 5 heteroatoms. The lowest BCUT2D eigenvalue weighted by Gasteiger charge is -2.03. The van der Waals surface area contributed by atoms with Crippen molar-refractivity contribution in [3.05, 3.63) is 47.2 Å². The first-order chi connectivity index (χ1) is 7.68. The third-order valence-electron chi connectivity index (χ3n) is 2.06. The van der Waals surface area contributed by atoms with Gasteiger partial charge in [-0.25, -0.2) is 9.97 Å². The first-order valence-electron chi connectivity index (χ1n) is 4.55. The largest absolute Gasteiger partial charge is 0.366 e. The molecule has 0 radical (unpaired) electrons. The molecule has 4 nitrogen and oxygen atoms in total. The molecule has 80 valence electrons. The highest BCUT2D eigenvalue weighted by Crippen LogP contribution is 2.22. The average molecular weight is 234 g/mol. The van der Waals surface area contributed by atoms with Gasteiger partial charge in [0.25, 0.3) is 0 Å². The third-order valence-corrected chi connectivity index (χ3v) is 2.39. The minimum atomic E-state index is -0.567. The number of amides is 1. The van der Waals surface area contributed by atoms with Crippen molar-refractivity contribution in [2.75, 3.05) is 0 Å². The van der Waals surface area contributed by atoms with E-state index in [0.717, 1.165) is 0 Å². The number of halogens is 1. The summed E-state index contributed by atoms with van der Waals surface area (Å²) >= 11 is 5.84. The molecule has 0 bridgehead atoms. The number of hydrogen-bond acceptors (Lipinski definition) is 3. The smallest absolute Gasteiger partial charge is 0.250 e. The van der Waals surface area contributed by atoms with Crippen molar-refractivity contribution >= 4 is 17.5 Å². The molecule has 2 rings (SSSR count). The Morgan fingerprint density at radius 1 is 1.25 bits per heavy atom. The molecule has 0 spiro atoms. The number of rotatable bonds is 2. The zero-order valence-corrected chi connectivity index (χ0v) is 8.98. The lowest BCUT2D eigenvalue weighted by molar-refractivity contribution is 0.100. The van der Waals surface area contributed by atoms with Gasteiger partial charge in [-0.1, -0.05) is 11.6 Å². The minimum Gasteiger partial charge on any atom is -0.366 e. The molecule has 1 aromatic carbocycles. The van der Waals surface area contributed by atoms with Gasteiger partial charge in [0.05, 0.1) is 10.6 Å². The van der Waals surface area contributed by atoms with Gasteiger partial charge in [-0.15, -0.1) is 0 Å². The summed E-state index contributed by atoms with van der Waals surface area (Å²) in [5.41, 5.74) is 6.17. The second kappa shape index (κ2) is 4.28. The van der Waals surface area contributed by atoms with E-state index >= 15 is 0 Å². The maximum absolute atomic E-state index is 11.1. The van der Waals surface area contributed by atoms with Gasteiger partial charge in [-0.2, -0.15) is 0 Å². The third kappa shape index (κ3) is 2.01. The van der Waals surface area contributed by atoms with Gasteiger partial charge in [0.15, 0.2) is 5.82 Å². The van der Waals surface area contributed by atoms with Crippen LogP contribution >= 0.6 is 11.6 Å². The van der Waals surface area contributed by atoms with Crippen LogP contribution in [0.25, 0.3) is 11.4 Å². The van der Waals surface area contributed by atoms with Crippen molar-refractivity contribution in [2.45, 2.75) is 0 Å².